The van der Waals surface area contributed by atoms with Crippen molar-refractivity contribution in [2.75, 3.05) is 12.0 Å². The van der Waals surface area contributed by atoms with Crippen molar-refractivity contribution >= 4 is 17.6 Å². The zero-order chi connectivity index (χ0) is 17.1. The van der Waals surface area contributed by atoms with Crippen LogP contribution in [0, 0.1) is 5.92 Å². The van der Waals surface area contributed by atoms with Gasteiger partial charge in [0.25, 0.3) is 0 Å². The number of carbonyl (C=O) groups excluding carboxylic acids is 1. The number of aliphatic carboxylic acids is 1. The summed E-state index contributed by atoms with van der Waals surface area (Å²) in [7, 11) is 1.58. The third-order valence-corrected chi connectivity index (χ3v) is 4.41. The average molecular weight is 325 g/mol. The molecule has 3 rings (SSSR count). The summed E-state index contributed by atoms with van der Waals surface area (Å²) in [5.41, 5.74) is 1.51. The largest absolute Gasteiger partial charge is 0.497 e. The van der Waals surface area contributed by atoms with Crippen molar-refractivity contribution in [2.45, 2.75) is 18.9 Å². The van der Waals surface area contributed by atoms with Crippen LogP contribution in [0.4, 0.5) is 5.69 Å². The molecule has 1 amide bonds. The number of piperidine rings is 1. The van der Waals surface area contributed by atoms with Gasteiger partial charge < -0.3 is 14.7 Å². The molecule has 1 saturated heterocycles. The third kappa shape index (κ3) is 2.97. The lowest BCUT2D eigenvalue weighted by atomic mass is 9.84. The SMILES string of the molecule is COc1ccc(N2C(=O)CC[C@@H](C(=O)O)[C@H]2c2ccccc2)cc1. The minimum absolute atomic E-state index is 0.0634. The van der Waals surface area contributed by atoms with Crippen molar-refractivity contribution < 1.29 is 19.4 Å². The van der Waals surface area contributed by atoms with Crippen LogP contribution in [0.1, 0.15) is 24.4 Å². The van der Waals surface area contributed by atoms with Crippen LogP contribution >= 0.6 is 0 Å². The lowest BCUT2D eigenvalue weighted by Crippen LogP contribution is -2.45. The molecule has 1 aliphatic heterocycles. The van der Waals surface area contributed by atoms with Crippen LogP contribution < -0.4 is 9.64 Å². The molecule has 5 heteroatoms. The molecule has 0 aromatic heterocycles. The number of nitrogens with zero attached hydrogens (tertiary/aromatic N) is 1. The quantitative estimate of drug-likeness (QED) is 0.937. The zero-order valence-electron chi connectivity index (χ0n) is 13.4. The summed E-state index contributed by atoms with van der Waals surface area (Å²) in [6, 6.07) is 15.9. The van der Waals surface area contributed by atoms with Gasteiger partial charge >= 0.3 is 5.97 Å². The van der Waals surface area contributed by atoms with Crippen molar-refractivity contribution in [1.29, 1.82) is 0 Å². The molecule has 124 valence electrons. The highest BCUT2D eigenvalue weighted by Gasteiger charge is 2.41. The van der Waals surface area contributed by atoms with Crippen molar-refractivity contribution in [3.05, 3.63) is 60.2 Å². The van der Waals surface area contributed by atoms with Gasteiger partial charge in [0.15, 0.2) is 0 Å². The first-order valence-electron chi connectivity index (χ1n) is 7.85. The number of carbonyl (C=O) groups is 2. The maximum absolute atomic E-state index is 12.6. The van der Waals surface area contributed by atoms with Gasteiger partial charge in [-0.15, -0.1) is 0 Å². The molecule has 0 spiro atoms. The molecule has 1 heterocycles. The van der Waals surface area contributed by atoms with Gasteiger partial charge in [0, 0.05) is 12.1 Å². The molecule has 24 heavy (non-hydrogen) atoms. The normalized spacial score (nSPS) is 20.7. The number of anilines is 1. The number of carboxylic acids is 1. The van der Waals surface area contributed by atoms with E-state index in [1.807, 2.05) is 30.3 Å². The minimum Gasteiger partial charge on any atom is -0.497 e. The van der Waals surface area contributed by atoms with Gasteiger partial charge in [-0.1, -0.05) is 30.3 Å². The fraction of sp³-hybridized carbons (Fsp3) is 0.263. The molecule has 2 atom stereocenters. The number of amides is 1. The van der Waals surface area contributed by atoms with Crippen molar-refractivity contribution in [3.8, 4) is 5.75 Å². The van der Waals surface area contributed by atoms with Crippen LogP contribution in [-0.4, -0.2) is 24.1 Å². The lowest BCUT2D eigenvalue weighted by Gasteiger charge is -2.39. The first kappa shape index (κ1) is 16.1. The van der Waals surface area contributed by atoms with E-state index in [0.717, 1.165) is 5.56 Å². The maximum Gasteiger partial charge on any atom is 0.308 e. The Labute approximate surface area is 140 Å². The van der Waals surface area contributed by atoms with E-state index in [1.165, 1.54) is 0 Å². The van der Waals surface area contributed by atoms with Gasteiger partial charge in [-0.25, -0.2) is 0 Å². The standard InChI is InChI=1S/C19H19NO4/c1-24-15-9-7-14(8-10-15)20-17(21)12-11-16(19(22)23)18(20)13-5-3-2-4-6-13/h2-10,16,18H,11-12H2,1H3,(H,22,23)/t16-,18-/m1/s1. The number of hydrogen-bond donors (Lipinski definition) is 1. The highest BCUT2D eigenvalue weighted by molar-refractivity contribution is 5.96. The van der Waals surface area contributed by atoms with E-state index in [1.54, 1.807) is 36.3 Å². The molecule has 1 fully saturated rings. The molecule has 2 aromatic rings. The fourth-order valence-electron chi connectivity index (χ4n) is 3.23. The molecule has 1 N–H and O–H groups in total. The first-order valence-corrected chi connectivity index (χ1v) is 7.85. The Morgan fingerprint density at radius 1 is 1.12 bits per heavy atom. The molecule has 5 nitrogen and oxygen atoms in total. The summed E-state index contributed by atoms with van der Waals surface area (Å²) in [5.74, 6) is -0.886. The second kappa shape index (κ2) is 6.74. The number of hydrogen-bond acceptors (Lipinski definition) is 3. The maximum atomic E-state index is 12.6. The topological polar surface area (TPSA) is 66.8 Å². The Kier molecular flexibility index (Phi) is 4.51. The highest BCUT2D eigenvalue weighted by Crippen LogP contribution is 2.40. The van der Waals surface area contributed by atoms with Crippen molar-refractivity contribution in [1.82, 2.24) is 0 Å². The van der Waals surface area contributed by atoms with Crippen molar-refractivity contribution in [3.63, 3.8) is 0 Å². The molecular formula is C19H19NO4. The predicted octanol–water partition coefficient (Wildman–Crippen LogP) is 3.26. The van der Waals surface area contributed by atoms with E-state index < -0.39 is 17.9 Å². The second-order valence-electron chi connectivity index (χ2n) is 5.80. The third-order valence-electron chi connectivity index (χ3n) is 4.41. The van der Waals surface area contributed by atoms with E-state index in [4.69, 9.17) is 4.74 Å². The Hall–Kier alpha value is -2.82. The molecule has 0 radical (unpaired) electrons. The molecule has 1 aliphatic rings. The van der Waals surface area contributed by atoms with E-state index in [2.05, 4.69) is 0 Å². The smallest absolute Gasteiger partial charge is 0.308 e. The molecule has 0 bridgehead atoms. The minimum atomic E-state index is -0.880. The number of ether oxygens (including phenoxy) is 1. The number of rotatable bonds is 4. The molecule has 0 aliphatic carbocycles. The molecule has 0 unspecified atom stereocenters. The van der Waals surface area contributed by atoms with Crippen LogP contribution in [0.25, 0.3) is 0 Å². The Balaban J connectivity index is 2.07. The van der Waals surface area contributed by atoms with E-state index >= 15 is 0 Å². The van der Waals surface area contributed by atoms with Gasteiger partial charge in [-0.2, -0.15) is 0 Å². The summed E-state index contributed by atoms with van der Waals surface area (Å²) in [6.45, 7) is 0. The van der Waals surface area contributed by atoms with E-state index in [-0.39, 0.29) is 12.3 Å². The van der Waals surface area contributed by atoms with Gasteiger partial charge in [0.2, 0.25) is 5.91 Å². The average Bonchev–Trinajstić information content (AvgIpc) is 2.62. The molecule has 2 aromatic carbocycles. The summed E-state index contributed by atoms with van der Waals surface area (Å²) < 4.78 is 5.16. The predicted molar refractivity (Wildman–Crippen MR) is 90.0 cm³/mol. The first-order chi connectivity index (χ1) is 11.6. The summed E-state index contributed by atoms with van der Waals surface area (Å²) in [6.07, 6.45) is 0.576. The van der Waals surface area contributed by atoms with Crippen LogP contribution in [0.15, 0.2) is 54.6 Å². The molecular weight excluding hydrogens is 306 g/mol. The summed E-state index contributed by atoms with van der Waals surface area (Å²) in [4.78, 5) is 26.0. The number of methoxy groups -OCH3 is 1. The zero-order valence-corrected chi connectivity index (χ0v) is 13.4. The lowest BCUT2D eigenvalue weighted by molar-refractivity contribution is -0.144. The van der Waals surface area contributed by atoms with Crippen LogP contribution in [-0.2, 0) is 9.59 Å². The Morgan fingerprint density at radius 3 is 2.38 bits per heavy atom. The highest BCUT2D eigenvalue weighted by atomic mass is 16.5. The number of carboxylic acid groups (broad SMARTS) is 1. The number of benzene rings is 2. The van der Waals surface area contributed by atoms with Crippen LogP contribution in [0.3, 0.4) is 0 Å². The van der Waals surface area contributed by atoms with Gasteiger partial charge in [0.1, 0.15) is 5.75 Å². The van der Waals surface area contributed by atoms with Crippen LogP contribution in [0.2, 0.25) is 0 Å². The monoisotopic (exact) mass is 325 g/mol. The van der Waals surface area contributed by atoms with Crippen molar-refractivity contribution in [2.24, 2.45) is 5.92 Å². The fourth-order valence-corrected chi connectivity index (χ4v) is 3.23. The molecule has 0 saturated carbocycles. The van der Waals surface area contributed by atoms with Gasteiger partial charge in [-0.3, -0.25) is 9.59 Å². The van der Waals surface area contributed by atoms with Gasteiger partial charge in [-0.05, 0) is 36.2 Å². The second-order valence-corrected chi connectivity index (χ2v) is 5.80. The Bertz CT molecular complexity index is 727. The van der Waals surface area contributed by atoms with E-state index in [0.29, 0.717) is 17.9 Å². The summed E-state index contributed by atoms with van der Waals surface area (Å²) in [5, 5.41) is 9.65. The van der Waals surface area contributed by atoms with Gasteiger partial charge in [0.05, 0.1) is 19.1 Å². The Morgan fingerprint density at radius 2 is 1.79 bits per heavy atom. The van der Waals surface area contributed by atoms with Crippen LogP contribution in [0.5, 0.6) is 5.75 Å². The van der Waals surface area contributed by atoms with E-state index in [9.17, 15) is 14.7 Å². The summed E-state index contributed by atoms with van der Waals surface area (Å²) >= 11 is 0.